The minimum absolute atomic E-state index is 0.0650. The standard InChI is InChI=1S/C37H36N4O4S2/c1-4-45-28-16-14-25(15-17-28)20-32(40-35(43)26-9-6-5-7-10-26)36(44)39-27-11-8-12-29(21-27)46-24(3)34(42)41-37-31(22-38)30-18-13-23(2)19-33(30)47-37/h5-12,14-17,20-21,23-24H,4,13,18-19H2,1-3H3,(H,39,44)(H,40,43)(H,41,42)/b32-20+. The number of nitrogens with one attached hydrogen (secondary N) is 3. The number of benzene rings is 3. The topological polar surface area (TPSA) is 120 Å². The van der Waals surface area contributed by atoms with E-state index in [4.69, 9.17) is 4.74 Å². The number of hydrogen-bond acceptors (Lipinski definition) is 7. The molecule has 8 nitrogen and oxygen atoms in total. The van der Waals surface area contributed by atoms with E-state index in [0.29, 0.717) is 45.7 Å². The number of anilines is 2. The first-order valence-corrected chi connectivity index (χ1v) is 17.2. The number of rotatable bonds is 11. The highest BCUT2D eigenvalue weighted by atomic mass is 32.2. The highest BCUT2D eigenvalue weighted by molar-refractivity contribution is 8.00. The predicted octanol–water partition coefficient (Wildman–Crippen LogP) is 7.67. The number of thiophene rings is 1. The van der Waals surface area contributed by atoms with E-state index >= 15 is 0 Å². The molecule has 0 saturated heterocycles. The van der Waals surface area contributed by atoms with E-state index in [1.54, 1.807) is 60.7 Å². The van der Waals surface area contributed by atoms with Crippen molar-refractivity contribution < 1.29 is 19.1 Å². The molecule has 4 aromatic rings. The van der Waals surface area contributed by atoms with Crippen LogP contribution >= 0.6 is 23.1 Å². The normalized spacial score (nSPS) is 14.7. The molecule has 3 aromatic carbocycles. The molecule has 5 rings (SSSR count). The molecule has 2 atom stereocenters. The third-order valence-electron chi connectivity index (χ3n) is 7.67. The highest BCUT2D eigenvalue weighted by Crippen LogP contribution is 2.39. The SMILES string of the molecule is CCOc1ccc(/C=C(/NC(=O)c2ccccc2)C(=O)Nc2cccc(SC(C)C(=O)Nc3sc4c(c3C#N)CCC(C)C4)c2)cc1. The van der Waals surface area contributed by atoms with Crippen molar-refractivity contribution in [2.24, 2.45) is 5.92 Å². The number of carbonyl (C=O) groups excluding carboxylic acids is 3. The summed E-state index contributed by atoms with van der Waals surface area (Å²) in [6.45, 7) is 6.46. The van der Waals surface area contributed by atoms with Gasteiger partial charge in [-0.05, 0) is 98.7 Å². The third-order valence-corrected chi connectivity index (χ3v) is 9.93. The van der Waals surface area contributed by atoms with Gasteiger partial charge in [0.1, 0.15) is 22.5 Å². The molecular formula is C37H36N4O4S2. The average molecular weight is 665 g/mol. The van der Waals surface area contributed by atoms with E-state index in [1.165, 1.54) is 28.0 Å². The van der Waals surface area contributed by atoms with Gasteiger partial charge < -0.3 is 20.7 Å². The van der Waals surface area contributed by atoms with E-state index in [0.717, 1.165) is 29.7 Å². The molecule has 240 valence electrons. The Balaban J connectivity index is 1.28. The molecule has 0 aliphatic heterocycles. The number of nitrogens with zero attached hydrogens (tertiary/aromatic N) is 1. The second kappa shape index (κ2) is 15.6. The lowest BCUT2D eigenvalue weighted by Gasteiger charge is -2.17. The second-order valence-corrected chi connectivity index (χ2v) is 13.8. The molecule has 1 heterocycles. The minimum atomic E-state index is -0.504. The lowest BCUT2D eigenvalue weighted by molar-refractivity contribution is -0.115. The van der Waals surface area contributed by atoms with Crippen molar-refractivity contribution in [3.8, 4) is 11.8 Å². The van der Waals surface area contributed by atoms with E-state index in [2.05, 4.69) is 28.9 Å². The number of fused-ring (bicyclic) bond motifs is 1. The summed E-state index contributed by atoms with van der Waals surface area (Å²) in [5.74, 6) is 0.156. The fourth-order valence-corrected chi connectivity index (χ4v) is 7.50. The Labute approximate surface area is 283 Å². The zero-order valence-electron chi connectivity index (χ0n) is 26.5. The van der Waals surface area contributed by atoms with Gasteiger partial charge in [0.25, 0.3) is 11.8 Å². The number of ether oxygens (including phenoxy) is 1. The lowest BCUT2D eigenvalue weighted by atomic mass is 9.89. The van der Waals surface area contributed by atoms with Crippen molar-refractivity contribution in [3.63, 3.8) is 0 Å². The summed E-state index contributed by atoms with van der Waals surface area (Å²) in [5, 5.41) is 18.6. The number of nitriles is 1. The first kappa shape index (κ1) is 33.5. The van der Waals surface area contributed by atoms with Crippen molar-refractivity contribution in [1.29, 1.82) is 5.26 Å². The number of amides is 3. The van der Waals surface area contributed by atoms with Gasteiger partial charge in [-0.1, -0.05) is 43.3 Å². The number of carbonyl (C=O) groups is 3. The summed E-state index contributed by atoms with van der Waals surface area (Å²) in [4.78, 5) is 41.7. The molecule has 3 N–H and O–H groups in total. The first-order valence-electron chi connectivity index (χ1n) is 15.5. The van der Waals surface area contributed by atoms with Crippen LogP contribution in [0.3, 0.4) is 0 Å². The predicted molar refractivity (Wildman–Crippen MR) is 189 cm³/mol. The molecule has 10 heteroatoms. The molecule has 1 aliphatic rings. The molecule has 0 bridgehead atoms. The fraction of sp³-hybridized carbons (Fsp3) is 0.243. The van der Waals surface area contributed by atoms with Gasteiger partial charge in [0, 0.05) is 21.0 Å². The summed E-state index contributed by atoms with van der Waals surface area (Å²) in [6, 6.07) is 25.4. The van der Waals surface area contributed by atoms with Gasteiger partial charge in [-0.25, -0.2) is 0 Å². The third kappa shape index (κ3) is 8.70. The molecule has 2 unspecified atom stereocenters. The van der Waals surface area contributed by atoms with Gasteiger partial charge in [0.2, 0.25) is 5.91 Å². The van der Waals surface area contributed by atoms with Crippen molar-refractivity contribution >= 4 is 57.6 Å². The van der Waals surface area contributed by atoms with Gasteiger partial charge in [-0.2, -0.15) is 5.26 Å². The van der Waals surface area contributed by atoms with Crippen LogP contribution in [0.4, 0.5) is 10.7 Å². The summed E-state index contributed by atoms with van der Waals surface area (Å²) in [5.41, 5.74) is 3.35. The van der Waals surface area contributed by atoms with Crippen molar-refractivity contribution in [2.45, 2.75) is 50.2 Å². The smallest absolute Gasteiger partial charge is 0.272 e. The Bertz CT molecular complexity index is 1830. The van der Waals surface area contributed by atoms with Crippen LogP contribution in [-0.2, 0) is 22.4 Å². The Kier molecular flexibility index (Phi) is 11.1. The molecular weight excluding hydrogens is 629 g/mol. The fourth-order valence-electron chi connectivity index (χ4n) is 5.21. The van der Waals surface area contributed by atoms with Crippen LogP contribution in [0.25, 0.3) is 6.08 Å². The highest BCUT2D eigenvalue weighted by Gasteiger charge is 2.26. The molecule has 0 spiro atoms. The maximum Gasteiger partial charge on any atom is 0.272 e. The summed E-state index contributed by atoms with van der Waals surface area (Å²) < 4.78 is 5.52. The Morgan fingerprint density at radius 2 is 1.83 bits per heavy atom. The Morgan fingerprint density at radius 3 is 2.55 bits per heavy atom. The quantitative estimate of drug-likeness (QED) is 0.112. The first-order chi connectivity index (χ1) is 22.7. The van der Waals surface area contributed by atoms with E-state index < -0.39 is 17.1 Å². The zero-order valence-corrected chi connectivity index (χ0v) is 28.1. The molecule has 0 radical (unpaired) electrons. The lowest BCUT2D eigenvalue weighted by Crippen LogP contribution is -2.30. The monoisotopic (exact) mass is 664 g/mol. The van der Waals surface area contributed by atoms with Crippen molar-refractivity contribution in [2.75, 3.05) is 17.2 Å². The number of thioether (sulfide) groups is 1. The van der Waals surface area contributed by atoms with Gasteiger partial charge in [-0.3, -0.25) is 14.4 Å². The Morgan fingerprint density at radius 1 is 1.06 bits per heavy atom. The molecule has 3 amide bonds. The van der Waals surface area contributed by atoms with Crippen LogP contribution in [0.15, 0.2) is 89.5 Å². The van der Waals surface area contributed by atoms with E-state index in [-0.39, 0.29) is 11.6 Å². The van der Waals surface area contributed by atoms with Crippen LogP contribution in [0, 0.1) is 17.2 Å². The second-order valence-electron chi connectivity index (χ2n) is 11.3. The zero-order chi connectivity index (χ0) is 33.3. The van der Waals surface area contributed by atoms with Crippen LogP contribution < -0.4 is 20.7 Å². The molecule has 0 fully saturated rings. The van der Waals surface area contributed by atoms with Gasteiger partial charge in [-0.15, -0.1) is 23.1 Å². The number of hydrogen-bond donors (Lipinski definition) is 3. The summed E-state index contributed by atoms with van der Waals surface area (Å²) >= 11 is 2.85. The van der Waals surface area contributed by atoms with Gasteiger partial charge in [0.05, 0.1) is 17.4 Å². The molecule has 0 saturated carbocycles. The van der Waals surface area contributed by atoms with Crippen LogP contribution in [0.1, 0.15) is 59.1 Å². The van der Waals surface area contributed by atoms with Crippen molar-refractivity contribution in [1.82, 2.24) is 5.32 Å². The molecule has 47 heavy (non-hydrogen) atoms. The molecule has 1 aromatic heterocycles. The van der Waals surface area contributed by atoms with Crippen LogP contribution in [-0.4, -0.2) is 29.6 Å². The van der Waals surface area contributed by atoms with Crippen LogP contribution in [0.5, 0.6) is 5.75 Å². The van der Waals surface area contributed by atoms with Crippen LogP contribution in [0.2, 0.25) is 0 Å². The van der Waals surface area contributed by atoms with Gasteiger partial charge in [0.15, 0.2) is 0 Å². The minimum Gasteiger partial charge on any atom is -0.494 e. The maximum absolute atomic E-state index is 13.5. The van der Waals surface area contributed by atoms with Crippen molar-refractivity contribution in [3.05, 3.63) is 112 Å². The summed E-state index contributed by atoms with van der Waals surface area (Å²) in [6.07, 6.45) is 4.45. The average Bonchev–Trinajstić information content (AvgIpc) is 3.41. The van der Waals surface area contributed by atoms with Gasteiger partial charge >= 0.3 is 0 Å². The molecule has 1 aliphatic carbocycles. The Hall–Kier alpha value is -4.85. The maximum atomic E-state index is 13.5. The summed E-state index contributed by atoms with van der Waals surface area (Å²) in [7, 11) is 0. The largest absolute Gasteiger partial charge is 0.494 e. The van der Waals surface area contributed by atoms with E-state index in [9.17, 15) is 19.6 Å². The van der Waals surface area contributed by atoms with E-state index in [1.807, 2.05) is 38.1 Å².